The van der Waals surface area contributed by atoms with E-state index in [0.717, 1.165) is 48.9 Å². The number of nitrogens with one attached hydrogen (secondary N) is 1. The predicted octanol–water partition coefficient (Wildman–Crippen LogP) is 4.12. The third-order valence-electron chi connectivity index (χ3n) is 5.10. The second kappa shape index (κ2) is 8.41. The molecule has 150 valence electrons. The normalized spacial score (nSPS) is 15.4. The van der Waals surface area contributed by atoms with E-state index < -0.39 is 26.6 Å². The number of aryl methyl sites for hydroxylation is 2. The summed E-state index contributed by atoms with van der Waals surface area (Å²) < 4.78 is 41.4. The summed E-state index contributed by atoms with van der Waals surface area (Å²) in [7, 11) is -3.96. The van der Waals surface area contributed by atoms with Crippen LogP contribution in [0.2, 0.25) is 0 Å². The molecule has 0 spiro atoms. The van der Waals surface area contributed by atoms with Gasteiger partial charge in [0.15, 0.2) is 0 Å². The maximum Gasteiger partial charge on any atom is 0.255 e. The SMILES string of the molecule is CCc1cccc(C)c1NC(=O)c1ccc(F)c(S(=O)(=O)N2CCCCC2)c1. The van der Waals surface area contributed by atoms with Crippen molar-refractivity contribution in [3.8, 4) is 0 Å². The Morgan fingerprint density at radius 2 is 1.86 bits per heavy atom. The lowest BCUT2D eigenvalue weighted by Gasteiger charge is -2.26. The van der Waals surface area contributed by atoms with E-state index in [1.807, 2.05) is 32.0 Å². The zero-order valence-corrected chi connectivity index (χ0v) is 17.0. The number of halogens is 1. The average molecular weight is 405 g/mol. The molecule has 1 saturated heterocycles. The second-order valence-corrected chi connectivity index (χ2v) is 8.93. The minimum Gasteiger partial charge on any atom is -0.321 e. The summed E-state index contributed by atoms with van der Waals surface area (Å²) in [5, 5.41) is 2.85. The van der Waals surface area contributed by atoms with E-state index in [4.69, 9.17) is 0 Å². The lowest BCUT2D eigenvalue weighted by atomic mass is 10.1. The largest absolute Gasteiger partial charge is 0.321 e. The molecule has 1 amide bonds. The molecule has 0 bridgehead atoms. The van der Waals surface area contributed by atoms with Gasteiger partial charge >= 0.3 is 0 Å². The molecule has 1 aliphatic rings. The van der Waals surface area contributed by atoms with Gasteiger partial charge in [-0.25, -0.2) is 12.8 Å². The minimum absolute atomic E-state index is 0.113. The van der Waals surface area contributed by atoms with Crippen molar-refractivity contribution in [2.24, 2.45) is 0 Å². The molecule has 7 heteroatoms. The summed E-state index contributed by atoms with van der Waals surface area (Å²) in [6, 6.07) is 9.24. The van der Waals surface area contributed by atoms with Crippen molar-refractivity contribution in [1.82, 2.24) is 4.31 Å². The molecule has 3 rings (SSSR count). The highest BCUT2D eigenvalue weighted by Crippen LogP contribution is 2.26. The van der Waals surface area contributed by atoms with E-state index in [2.05, 4.69) is 5.32 Å². The Kier molecular flexibility index (Phi) is 6.15. The molecule has 2 aromatic carbocycles. The highest BCUT2D eigenvalue weighted by atomic mass is 32.2. The summed E-state index contributed by atoms with van der Waals surface area (Å²) in [5.74, 6) is -1.30. The number of sulfonamides is 1. The van der Waals surface area contributed by atoms with Gasteiger partial charge in [-0.15, -0.1) is 0 Å². The van der Waals surface area contributed by atoms with Gasteiger partial charge in [-0.3, -0.25) is 4.79 Å². The zero-order valence-electron chi connectivity index (χ0n) is 16.2. The van der Waals surface area contributed by atoms with Crippen LogP contribution < -0.4 is 5.32 Å². The van der Waals surface area contributed by atoms with Crippen molar-refractivity contribution in [2.45, 2.75) is 44.4 Å². The second-order valence-electron chi connectivity index (χ2n) is 7.03. The topological polar surface area (TPSA) is 66.5 Å². The average Bonchev–Trinajstić information content (AvgIpc) is 2.70. The fourth-order valence-corrected chi connectivity index (χ4v) is 5.08. The number of nitrogens with zero attached hydrogens (tertiary/aromatic N) is 1. The Hall–Kier alpha value is -2.25. The van der Waals surface area contributed by atoms with Crippen LogP contribution in [0.1, 0.15) is 47.7 Å². The molecular formula is C21H25FN2O3S. The lowest BCUT2D eigenvalue weighted by Crippen LogP contribution is -2.36. The van der Waals surface area contributed by atoms with E-state index in [9.17, 15) is 17.6 Å². The Morgan fingerprint density at radius 1 is 1.14 bits per heavy atom. The van der Waals surface area contributed by atoms with E-state index in [1.165, 1.54) is 10.4 Å². The molecule has 0 aliphatic carbocycles. The van der Waals surface area contributed by atoms with Crippen LogP contribution in [0.25, 0.3) is 0 Å². The van der Waals surface area contributed by atoms with E-state index in [1.54, 1.807) is 0 Å². The minimum atomic E-state index is -3.96. The number of rotatable bonds is 5. The Morgan fingerprint density at radius 3 is 2.54 bits per heavy atom. The monoisotopic (exact) mass is 404 g/mol. The van der Waals surface area contributed by atoms with Gasteiger partial charge in [0, 0.05) is 24.3 Å². The molecule has 0 aromatic heterocycles. The third-order valence-corrected chi connectivity index (χ3v) is 7.02. The number of para-hydroxylation sites is 1. The van der Waals surface area contributed by atoms with Crippen molar-refractivity contribution in [1.29, 1.82) is 0 Å². The van der Waals surface area contributed by atoms with Crippen LogP contribution in [0.4, 0.5) is 10.1 Å². The number of hydrogen-bond acceptors (Lipinski definition) is 3. The van der Waals surface area contributed by atoms with Crippen molar-refractivity contribution in [3.05, 3.63) is 58.9 Å². The summed E-state index contributed by atoms with van der Waals surface area (Å²) >= 11 is 0. The molecule has 0 atom stereocenters. The number of carbonyl (C=O) groups excluding carboxylic acids is 1. The van der Waals surface area contributed by atoms with E-state index in [0.29, 0.717) is 18.8 Å². The maximum atomic E-state index is 14.4. The van der Waals surface area contributed by atoms with Crippen molar-refractivity contribution in [3.63, 3.8) is 0 Å². The summed E-state index contributed by atoms with van der Waals surface area (Å²) in [4.78, 5) is 12.3. The first-order valence-corrected chi connectivity index (χ1v) is 11.0. The van der Waals surface area contributed by atoms with Crippen LogP contribution in [0, 0.1) is 12.7 Å². The van der Waals surface area contributed by atoms with E-state index in [-0.39, 0.29) is 5.56 Å². The summed E-state index contributed by atoms with van der Waals surface area (Å²) in [6.07, 6.45) is 3.23. The first kappa shape index (κ1) is 20.5. The van der Waals surface area contributed by atoms with Gasteiger partial charge < -0.3 is 5.32 Å². The number of benzene rings is 2. The zero-order chi connectivity index (χ0) is 20.3. The predicted molar refractivity (Wildman–Crippen MR) is 108 cm³/mol. The Labute approximate surface area is 165 Å². The lowest BCUT2D eigenvalue weighted by molar-refractivity contribution is 0.102. The molecule has 0 saturated carbocycles. The number of piperidine rings is 1. The van der Waals surface area contributed by atoms with Crippen LogP contribution in [0.15, 0.2) is 41.3 Å². The van der Waals surface area contributed by atoms with Crippen LogP contribution in [0.5, 0.6) is 0 Å². The smallest absolute Gasteiger partial charge is 0.255 e. The number of carbonyl (C=O) groups is 1. The third kappa shape index (κ3) is 4.10. The van der Waals surface area contributed by atoms with Gasteiger partial charge in [0.05, 0.1) is 0 Å². The van der Waals surface area contributed by atoms with Crippen molar-refractivity contribution >= 4 is 21.6 Å². The van der Waals surface area contributed by atoms with Crippen LogP contribution in [-0.4, -0.2) is 31.7 Å². The van der Waals surface area contributed by atoms with Gasteiger partial charge in [0.1, 0.15) is 10.7 Å². The number of hydrogen-bond donors (Lipinski definition) is 1. The molecule has 1 fully saturated rings. The Bertz CT molecular complexity index is 983. The Balaban J connectivity index is 1.92. The van der Waals surface area contributed by atoms with Gasteiger partial charge in [-0.1, -0.05) is 31.5 Å². The highest BCUT2D eigenvalue weighted by Gasteiger charge is 2.29. The fourth-order valence-electron chi connectivity index (χ4n) is 3.47. The molecule has 1 aliphatic heterocycles. The highest BCUT2D eigenvalue weighted by molar-refractivity contribution is 7.89. The first-order chi connectivity index (χ1) is 13.3. The molecular weight excluding hydrogens is 379 g/mol. The molecule has 28 heavy (non-hydrogen) atoms. The van der Waals surface area contributed by atoms with Gasteiger partial charge in [-0.05, 0) is 55.5 Å². The molecule has 1 heterocycles. The molecule has 2 aromatic rings. The standard InChI is InChI=1S/C21H25FN2O3S/c1-3-16-9-7-8-15(2)20(16)23-21(25)17-10-11-18(22)19(14-17)28(26,27)24-12-5-4-6-13-24/h7-11,14H,3-6,12-13H2,1-2H3,(H,23,25). The maximum absolute atomic E-state index is 14.4. The summed E-state index contributed by atoms with van der Waals surface area (Å²) in [5.41, 5.74) is 2.72. The van der Waals surface area contributed by atoms with Crippen molar-refractivity contribution < 1.29 is 17.6 Å². The molecule has 5 nitrogen and oxygen atoms in total. The van der Waals surface area contributed by atoms with Gasteiger partial charge in [-0.2, -0.15) is 4.31 Å². The number of amides is 1. The fraction of sp³-hybridized carbons (Fsp3) is 0.381. The van der Waals surface area contributed by atoms with Gasteiger partial charge in [0.25, 0.3) is 5.91 Å². The van der Waals surface area contributed by atoms with Crippen LogP contribution >= 0.6 is 0 Å². The summed E-state index contributed by atoms with van der Waals surface area (Å²) in [6.45, 7) is 4.64. The number of anilines is 1. The van der Waals surface area contributed by atoms with Crippen molar-refractivity contribution in [2.75, 3.05) is 18.4 Å². The first-order valence-electron chi connectivity index (χ1n) is 9.54. The molecule has 1 N–H and O–H groups in total. The molecule has 0 unspecified atom stereocenters. The molecule has 0 radical (unpaired) electrons. The van der Waals surface area contributed by atoms with E-state index >= 15 is 0 Å². The van der Waals surface area contributed by atoms with Crippen LogP contribution in [-0.2, 0) is 16.4 Å². The quantitative estimate of drug-likeness (QED) is 0.815. The van der Waals surface area contributed by atoms with Gasteiger partial charge in [0.2, 0.25) is 10.0 Å². The van der Waals surface area contributed by atoms with Crippen LogP contribution in [0.3, 0.4) is 0 Å².